The Morgan fingerprint density at radius 1 is 1.21 bits per heavy atom. The first-order chi connectivity index (χ1) is 13.2. The molecule has 1 unspecified atom stereocenters. The van der Waals surface area contributed by atoms with Gasteiger partial charge in [-0.25, -0.2) is 15.1 Å². The molecule has 13 nitrogen and oxygen atoms in total. The number of amides is 4. The Kier molecular flexibility index (Phi) is 5.92. The topological polar surface area (TPSA) is 166 Å². The Labute approximate surface area is 161 Å². The molecule has 0 saturated carbocycles. The van der Waals surface area contributed by atoms with Crippen molar-refractivity contribution in [2.45, 2.75) is 50.2 Å². The van der Waals surface area contributed by atoms with E-state index >= 15 is 0 Å². The van der Waals surface area contributed by atoms with Gasteiger partial charge >= 0.3 is 22.5 Å². The van der Waals surface area contributed by atoms with Crippen LogP contribution in [0.2, 0.25) is 0 Å². The zero-order valence-electron chi connectivity index (χ0n) is 14.9. The van der Waals surface area contributed by atoms with Crippen LogP contribution in [-0.2, 0) is 24.3 Å². The molecule has 3 heterocycles. The summed E-state index contributed by atoms with van der Waals surface area (Å²) in [4.78, 5) is 43.5. The van der Waals surface area contributed by atoms with Crippen molar-refractivity contribution >= 4 is 28.4 Å². The lowest BCUT2D eigenvalue weighted by Gasteiger charge is -2.33. The minimum atomic E-state index is -4.86. The van der Waals surface area contributed by atoms with Gasteiger partial charge in [-0.15, -0.1) is 4.28 Å². The summed E-state index contributed by atoms with van der Waals surface area (Å²) in [6, 6.07) is -2.69. The summed E-state index contributed by atoms with van der Waals surface area (Å²) < 4.78 is 34.8. The molecule has 4 amide bonds. The highest BCUT2D eigenvalue weighted by molar-refractivity contribution is 7.80. The summed E-state index contributed by atoms with van der Waals surface area (Å²) in [5.41, 5.74) is 2.25. The molecule has 0 spiro atoms. The standard InChI is InChI=1S/C14H22N4O9S/c19-12(15-26-8-10-3-1-2-6-16(10)14(21)22)11-5-4-9-7-17(11)13(20)18(9)27-28(23,24)25/h9-11H,1-8H2,(H,15,19)(H,21,22)(H,23,24,25)/t9-,10?,11+/m1/s1. The lowest BCUT2D eigenvalue weighted by atomic mass is 10.0. The molecule has 3 saturated heterocycles. The molecule has 3 aliphatic rings. The van der Waals surface area contributed by atoms with Crippen LogP contribution >= 0.6 is 0 Å². The molecule has 14 heteroatoms. The molecular formula is C14H22N4O9S. The van der Waals surface area contributed by atoms with Crippen LogP contribution in [0.1, 0.15) is 32.1 Å². The van der Waals surface area contributed by atoms with Crippen LogP contribution in [0.4, 0.5) is 9.59 Å². The van der Waals surface area contributed by atoms with Crippen LogP contribution in [0.25, 0.3) is 0 Å². The second-order valence-electron chi connectivity index (χ2n) is 6.91. The van der Waals surface area contributed by atoms with E-state index in [1.165, 1.54) is 4.90 Å². The number of carboxylic acid groups (broad SMARTS) is 1. The number of carbonyl (C=O) groups is 3. The Bertz CT molecular complexity index is 745. The SMILES string of the molecule is O=C(NOCC1CCCCN1C(=O)O)[C@@H]1CC[C@@H]2CN1C(=O)N2OS(=O)(=O)O. The fraction of sp³-hybridized carbons (Fsp3) is 0.786. The quantitative estimate of drug-likeness (QED) is 0.380. The molecule has 158 valence electrons. The van der Waals surface area contributed by atoms with Gasteiger partial charge in [0.2, 0.25) is 0 Å². The molecular weight excluding hydrogens is 400 g/mol. The molecule has 2 bridgehead atoms. The summed E-state index contributed by atoms with van der Waals surface area (Å²) in [6.07, 6.45) is 1.77. The van der Waals surface area contributed by atoms with Gasteiger partial charge in [-0.3, -0.25) is 14.2 Å². The molecule has 0 aromatic heterocycles. The van der Waals surface area contributed by atoms with Crippen molar-refractivity contribution in [3.05, 3.63) is 0 Å². The first kappa shape index (κ1) is 20.6. The van der Waals surface area contributed by atoms with Crippen LogP contribution < -0.4 is 5.48 Å². The summed E-state index contributed by atoms with van der Waals surface area (Å²) in [6.45, 7) is 0.467. The lowest BCUT2D eigenvalue weighted by Crippen LogP contribution is -2.51. The van der Waals surface area contributed by atoms with Gasteiger partial charge in [-0.1, -0.05) is 0 Å². The smallest absolute Gasteiger partial charge is 0.418 e. The van der Waals surface area contributed by atoms with Crippen molar-refractivity contribution in [1.82, 2.24) is 20.3 Å². The van der Waals surface area contributed by atoms with Gasteiger partial charge in [0, 0.05) is 13.1 Å². The Morgan fingerprint density at radius 3 is 2.64 bits per heavy atom. The van der Waals surface area contributed by atoms with Gasteiger partial charge in [-0.2, -0.15) is 13.5 Å². The van der Waals surface area contributed by atoms with Gasteiger partial charge in [0.05, 0.1) is 18.7 Å². The van der Waals surface area contributed by atoms with Crippen LogP contribution in [0.5, 0.6) is 0 Å². The molecule has 0 aromatic rings. The fourth-order valence-electron chi connectivity index (χ4n) is 3.81. The third-order valence-electron chi connectivity index (χ3n) is 5.12. The number of hydrogen-bond acceptors (Lipinski definition) is 7. The van der Waals surface area contributed by atoms with Crippen LogP contribution in [0.3, 0.4) is 0 Å². The normalized spacial score (nSPS) is 27.8. The summed E-state index contributed by atoms with van der Waals surface area (Å²) in [7, 11) is -4.86. The summed E-state index contributed by atoms with van der Waals surface area (Å²) >= 11 is 0. The van der Waals surface area contributed by atoms with E-state index in [0.717, 1.165) is 17.7 Å². The van der Waals surface area contributed by atoms with Gasteiger partial charge in [-0.05, 0) is 32.1 Å². The highest BCUT2D eigenvalue weighted by Crippen LogP contribution is 2.30. The van der Waals surface area contributed by atoms with Crippen molar-refractivity contribution in [2.24, 2.45) is 0 Å². The predicted molar refractivity (Wildman–Crippen MR) is 89.8 cm³/mol. The summed E-state index contributed by atoms with van der Waals surface area (Å²) in [5.74, 6) is -0.599. The lowest BCUT2D eigenvalue weighted by molar-refractivity contribution is -0.140. The van der Waals surface area contributed by atoms with Crippen molar-refractivity contribution < 1.29 is 41.6 Å². The third kappa shape index (κ3) is 4.45. The first-order valence-electron chi connectivity index (χ1n) is 8.85. The summed E-state index contributed by atoms with van der Waals surface area (Å²) in [5, 5.41) is 9.74. The van der Waals surface area contributed by atoms with Crippen LogP contribution in [0.15, 0.2) is 0 Å². The molecule has 3 aliphatic heterocycles. The maximum absolute atomic E-state index is 12.4. The average molecular weight is 422 g/mol. The van der Waals surface area contributed by atoms with E-state index in [0.29, 0.717) is 24.4 Å². The molecule has 3 fully saturated rings. The van der Waals surface area contributed by atoms with Crippen LogP contribution in [0, 0.1) is 0 Å². The second-order valence-corrected chi connectivity index (χ2v) is 7.92. The van der Waals surface area contributed by atoms with Crippen molar-refractivity contribution in [1.29, 1.82) is 0 Å². The minimum Gasteiger partial charge on any atom is -0.465 e. The Morgan fingerprint density at radius 2 is 1.96 bits per heavy atom. The average Bonchev–Trinajstić information content (AvgIpc) is 2.85. The molecule has 3 rings (SSSR count). The number of nitrogens with zero attached hydrogens (tertiary/aromatic N) is 3. The minimum absolute atomic E-state index is 0.0146. The number of carbonyl (C=O) groups excluding carboxylic acids is 2. The van der Waals surface area contributed by atoms with Crippen LogP contribution in [-0.4, -0.2) is 88.8 Å². The van der Waals surface area contributed by atoms with Gasteiger partial charge in [0.15, 0.2) is 0 Å². The molecule has 0 aromatic carbocycles. The molecule has 0 aliphatic carbocycles. The zero-order chi connectivity index (χ0) is 20.5. The number of likely N-dealkylation sites (tertiary alicyclic amines) is 1. The monoisotopic (exact) mass is 422 g/mol. The van der Waals surface area contributed by atoms with Crippen molar-refractivity contribution in [2.75, 3.05) is 19.7 Å². The van der Waals surface area contributed by atoms with E-state index in [4.69, 9.17) is 9.39 Å². The van der Waals surface area contributed by atoms with E-state index in [9.17, 15) is 27.9 Å². The molecule has 3 atom stereocenters. The Hall–Kier alpha value is -2.16. The fourth-order valence-corrected chi connectivity index (χ4v) is 4.20. The number of fused-ring (bicyclic) bond motifs is 2. The highest BCUT2D eigenvalue weighted by Gasteiger charge is 2.49. The molecule has 0 radical (unpaired) electrons. The van der Waals surface area contributed by atoms with Gasteiger partial charge < -0.3 is 14.9 Å². The largest absolute Gasteiger partial charge is 0.465 e. The number of hydrogen-bond donors (Lipinski definition) is 3. The predicted octanol–water partition coefficient (Wildman–Crippen LogP) is -0.430. The molecule has 3 N–H and O–H groups in total. The third-order valence-corrected chi connectivity index (χ3v) is 5.47. The van der Waals surface area contributed by atoms with E-state index in [-0.39, 0.29) is 25.6 Å². The van der Waals surface area contributed by atoms with Gasteiger partial charge in [0.1, 0.15) is 6.04 Å². The number of rotatable bonds is 6. The van der Waals surface area contributed by atoms with E-state index in [1.54, 1.807) is 0 Å². The van der Waals surface area contributed by atoms with Crippen molar-refractivity contribution in [3.63, 3.8) is 0 Å². The van der Waals surface area contributed by atoms with E-state index in [2.05, 4.69) is 9.76 Å². The number of hydroxylamine groups is 3. The highest BCUT2D eigenvalue weighted by atomic mass is 32.3. The second kappa shape index (κ2) is 8.06. The first-order valence-corrected chi connectivity index (χ1v) is 10.2. The van der Waals surface area contributed by atoms with Gasteiger partial charge in [0.25, 0.3) is 5.91 Å². The van der Waals surface area contributed by atoms with E-state index < -0.39 is 40.5 Å². The van der Waals surface area contributed by atoms with Crippen molar-refractivity contribution in [3.8, 4) is 0 Å². The Balaban J connectivity index is 1.53. The number of piperidine rings is 2. The van der Waals surface area contributed by atoms with E-state index in [1.807, 2.05) is 0 Å². The zero-order valence-corrected chi connectivity index (χ0v) is 15.7. The maximum atomic E-state index is 12.4. The molecule has 28 heavy (non-hydrogen) atoms. The number of urea groups is 1. The number of nitrogens with one attached hydrogen (secondary N) is 1. The maximum Gasteiger partial charge on any atom is 0.418 e.